The molecule has 1 aromatic heterocycles. The molecule has 1 unspecified atom stereocenters. The Hall–Kier alpha value is -2.24. The topological polar surface area (TPSA) is 40.6 Å². The Bertz CT molecular complexity index is 917. The Kier molecular flexibility index (Phi) is 5.00. The van der Waals surface area contributed by atoms with Crippen LogP contribution in [-0.4, -0.2) is 47.4 Å². The molecule has 2 aromatic carbocycles. The molecule has 26 heavy (non-hydrogen) atoms. The summed E-state index contributed by atoms with van der Waals surface area (Å²) >= 11 is 1.84. The number of nitrogens with zero attached hydrogens (tertiary/aromatic N) is 2. The van der Waals surface area contributed by atoms with Gasteiger partial charge >= 0.3 is 0 Å². The van der Waals surface area contributed by atoms with Crippen LogP contribution in [0, 0.1) is 0 Å². The van der Waals surface area contributed by atoms with Crippen LogP contribution in [0.15, 0.2) is 59.6 Å². The summed E-state index contributed by atoms with van der Waals surface area (Å²) in [6.07, 6.45) is 1.10. The highest BCUT2D eigenvalue weighted by atomic mass is 32.2. The predicted molar refractivity (Wildman–Crippen MR) is 111 cm³/mol. The molecule has 5 heteroatoms. The van der Waals surface area contributed by atoms with Crippen LogP contribution in [0.4, 0.5) is 0 Å². The summed E-state index contributed by atoms with van der Waals surface area (Å²) < 4.78 is 6.07. The summed E-state index contributed by atoms with van der Waals surface area (Å²) in [5.74, 6) is 2.74. The van der Waals surface area contributed by atoms with E-state index in [1.165, 1.54) is 0 Å². The minimum atomic E-state index is 0.406. The maximum Gasteiger partial charge on any atom is 0.151 e. The number of para-hydroxylation sites is 2. The Morgan fingerprint density at radius 2 is 2.00 bits per heavy atom. The average molecular weight is 366 g/mol. The van der Waals surface area contributed by atoms with Crippen LogP contribution in [0.1, 0.15) is 12.1 Å². The smallest absolute Gasteiger partial charge is 0.151 e. The SMILES string of the molecule is CN(C)CCC1CSC(c2cc3cccc(Oc4ccccc4)c3[nH]2)=N1. The monoisotopic (exact) mass is 365 g/mol. The molecule has 0 amide bonds. The van der Waals surface area contributed by atoms with Gasteiger partial charge in [-0.15, -0.1) is 11.8 Å². The Labute approximate surface area is 158 Å². The minimum absolute atomic E-state index is 0.406. The molecule has 0 radical (unpaired) electrons. The number of aromatic amines is 1. The van der Waals surface area contributed by atoms with E-state index in [-0.39, 0.29) is 0 Å². The number of thioether (sulfide) groups is 1. The molecular weight excluding hydrogens is 342 g/mol. The zero-order valence-corrected chi connectivity index (χ0v) is 15.9. The van der Waals surface area contributed by atoms with Crippen molar-refractivity contribution in [2.24, 2.45) is 4.99 Å². The van der Waals surface area contributed by atoms with E-state index in [9.17, 15) is 0 Å². The Morgan fingerprint density at radius 3 is 2.81 bits per heavy atom. The number of aromatic nitrogens is 1. The molecule has 0 saturated carbocycles. The van der Waals surface area contributed by atoms with Gasteiger partial charge in [0.2, 0.25) is 0 Å². The molecule has 1 N–H and O–H groups in total. The second-order valence-electron chi connectivity index (χ2n) is 6.81. The van der Waals surface area contributed by atoms with Crippen molar-refractivity contribution in [2.45, 2.75) is 12.5 Å². The van der Waals surface area contributed by atoms with Gasteiger partial charge in [0, 0.05) is 11.1 Å². The van der Waals surface area contributed by atoms with Gasteiger partial charge in [0.25, 0.3) is 0 Å². The molecule has 4 nitrogen and oxygen atoms in total. The van der Waals surface area contributed by atoms with Gasteiger partial charge in [-0.25, -0.2) is 0 Å². The Morgan fingerprint density at radius 1 is 1.15 bits per heavy atom. The highest BCUT2D eigenvalue weighted by Gasteiger charge is 2.21. The molecular formula is C21H23N3OS. The third-order valence-electron chi connectivity index (χ3n) is 4.44. The molecule has 3 aromatic rings. The second kappa shape index (κ2) is 7.56. The zero-order chi connectivity index (χ0) is 17.9. The molecule has 0 bridgehead atoms. The van der Waals surface area contributed by atoms with Gasteiger partial charge in [0.1, 0.15) is 10.8 Å². The predicted octanol–water partition coefficient (Wildman–Crippen LogP) is 4.77. The third-order valence-corrected chi connectivity index (χ3v) is 5.59. The van der Waals surface area contributed by atoms with Gasteiger partial charge < -0.3 is 14.6 Å². The lowest BCUT2D eigenvalue weighted by Crippen LogP contribution is -2.18. The first-order valence-corrected chi connectivity index (χ1v) is 9.88. The highest BCUT2D eigenvalue weighted by molar-refractivity contribution is 8.14. The number of hydrogen-bond donors (Lipinski definition) is 1. The van der Waals surface area contributed by atoms with E-state index in [2.05, 4.69) is 36.1 Å². The van der Waals surface area contributed by atoms with Crippen molar-refractivity contribution < 1.29 is 4.74 Å². The summed E-state index contributed by atoms with van der Waals surface area (Å²) in [4.78, 5) is 10.7. The lowest BCUT2D eigenvalue weighted by atomic mass is 10.2. The summed E-state index contributed by atoms with van der Waals surface area (Å²) in [5, 5.41) is 2.25. The van der Waals surface area contributed by atoms with E-state index >= 15 is 0 Å². The van der Waals surface area contributed by atoms with E-state index in [0.717, 1.165) is 51.9 Å². The number of benzene rings is 2. The Balaban J connectivity index is 1.58. The van der Waals surface area contributed by atoms with Crippen molar-refractivity contribution in [3.63, 3.8) is 0 Å². The largest absolute Gasteiger partial charge is 0.455 e. The number of H-pyrrole nitrogens is 1. The van der Waals surface area contributed by atoms with Crippen molar-refractivity contribution in [3.8, 4) is 11.5 Å². The van der Waals surface area contributed by atoms with E-state index in [4.69, 9.17) is 9.73 Å². The fourth-order valence-corrected chi connectivity index (χ4v) is 4.14. The third kappa shape index (κ3) is 3.79. The van der Waals surface area contributed by atoms with Gasteiger partial charge in [-0.1, -0.05) is 30.3 Å². The molecule has 2 heterocycles. The van der Waals surface area contributed by atoms with Crippen LogP contribution in [0.3, 0.4) is 0 Å². The maximum absolute atomic E-state index is 6.07. The normalized spacial score (nSPS) is 17.0. The maximum atomic E-state index is 6.07. The van der Waals surface area contributed by atoms with E-state index < -0.39 is 0 Å². The van der Waals surface area contributed by atoms with Crippen LogP contribution < -0.4 is 4.74 Å². The fourth-order valence-electron chi connectivity index (χ4n) is 3.06. The van der Waals surface area contributed by atoms with Crippen molar-refractivity contribution >= 4 is 27.7 Å². The molecule has 134 valence electrons. The minimum Gasteiger partial charge on any atom is -0.455 e. The lowest BCUT2D eigenvalue weighted by molar-refractivity contribution is 0.388. The summed E-state index contributed by atoms with van der Waals surface area (Å²) in [7, 11) is 4.22. The molecule has 0 fully saturated rings. The second-order valence-corrected chi connectivity index (χ2v) is 7.82. The first-order chi connectivity index (χ1) is 12.7. The van der Waals surface area contributed by atoms with E-state index in [1.54, 1.807) is 0 Å². The van der Waals surface area contributed by atoms with Gasteiger partial charge in [0.15, 0.2) is 5.75 Å². The van der Waals surface area contributed by atoms with Crippen LogP contribution in [0.5, 0.6) is 11.5 Å². The number of nitrogens with one attached hydrogen (secondary N) is 1. The van der Waals surface area contributed by atoms with Crippen molar-refractivity contribution in [2.75, 3.05) is 26.4 Å². The van der Waals surface area contributed by atoms with E-state index in [1.807, 2.05) is 54.2 Å². The van der Waals surface area contributed by atoms with Gasteiger partial charge in [-0.05, 0) is 51.3 Å². The first kappa shape index (κ1) is 17.2. The molecule has 0 saturated heterocycles. The molecule has 0 aliphatic carbocycles. The number of ether oxygens (including phenoxy) is 1. The number of aliphatic imine (C=N–C) groups is 1. The quantitative estimate of drug-likeness (QED) is 0.684. The molecule has 1 aliphatic heterocycles. The average Bonchev–Trinajstić information content (AvgIpc) is 3.28. The lowest BCUT2D eigenvalue weighted by Gasteiger charge is -2.11. The zero-order valence-electron chi connectivity index (χ0n) is 15.1. The number of rotatable bonds is 6. The van der Waals surface area contributed by atoms with Crippen molar-refractivity contribution in [1.82, 2.24) is 9.88 Å². The number of fused-ring (bicyclic) bond motifs is 1. The van der Waals surface area contributed by atoms with Gasteiger partial charge in [-0.3, -0.25) is 4.99 Å². The molecule has 0 spiro atoms. The fraction of sp³-hybridized carbons (Fsp3) is 0.286. The van der Waals surface area contributed by atoms with Crippen LogP contribution in [-0.2, 0) is 0 Å². The highest BCUT2D eigenvalue weighted by Crippen LogP contribution is 2.32. The number of hydrogen-bond acceptors (Lipinski definition) is 4. The van der Waals surface area contributed by atoms with Gasteiger partial charge in [-0.2, -0.15) is 0 Å². The van der Waals surface area contributed by atoms with Crippen LogP contribution in [0.2, 0.25) is 0 Å². The van der Waals surface area contributed by atoms with E-state index in [0.29, 0.717) is 6.04 Å². The molecule has 1 aliphatic rings. The molecule has 1 atom stereocenters. The van der Waals surface area contributed by atoms with Crippen LogP contribution >= 0.6 is 11.8 Å². The standard InChI is InChI=1S/C21H23N3OS/c1-24(2)12-11-16-14-26-21(22-16)18-13-15-7-6-10-19(20(15)23-18)25-17-8-4-3-5-9-17/h3-10,13,16,23H,11-12,14H2,1-2H3. The molecule has 4 rings (SSSR count). The van der Waals surface area contributed by atoms with Crippen LogP contribution in [0.25, 0.3) is 10.9 Å². The van der Waals surface area contributed by atoms with Crippen molar-refractivity contribution in [1.29, 1.82) is 0 Å². The summed E-state index contributed by atoms with van der Waals surface area (Å²) in [6, 6.07) is 18.6. The van der Waals surface area contributed by atoms with Crippen molar-refractivity contribution in [3.05, 3.63) is 60.3 Å². The van der Waals surface area contributed by atoms with Gasteiger partial charge in [0.05, 0.1) is 17.3 Å². The first-order valence-electron chi connectivity index (χ1n) is 8.89. The summed E-state index contributed by atoms with van der Waals surface area (Å²) in [6.45, 7) is 1.07. The summed E-state index contributed by atoms with van der Waals surface area (Å²) in [5.41, 5.74) is 2.10.